The summed E-state index contributed by atoms with van der Waals surface area (Å²) in [6, 6.07) is 15.4. The summed E-state index contributed by atoms with van der Waals surface area (Å²) in [5, 5.41) is 5.18. The molecule has 30 heavy (non-hydrogen) atoms. The summed E-state index contributed by atoms with van der Waals surface area (Å²) in [5.41, 5.74) is 4.68. The first-order chi connectivity index (χ1) is 14.3. The average Bonchev–Trinajstić information content (AvgIpc) is 3.13. The Kier molecular flexibility index (Phi) is 4.25. The monoisotopic (exact) mass is 422 g/mol. The second-order valence-electron chi connectivity index (χ2n) is 7.97. The van der Waals surface area contributed by atoms with Gasteiger partial charge in [0.2, 0.25) is 10.0 Å². The third kappa shape index (κ3) is 3.10. The first kappa shape index (κ1) is 18.9. The second kappa shape index (κ2) is 6.74. The Balaban J connectivity index is 1.48. The average molecular weight is 423 g/mol. The number of hydrogen-bond donors (Lipinski definition) is 1. The molecule has 1 aliphatic heterocycles. The lowest BCUT2D eigenvalue weighted by atomic mass is 10.0. The summed E-state index contributed by atoms with van der Waals surface area (Å²) in [7, 11) is -3.56. The molecule has 1 atom stereocenters. The van der Waals surface area contributed by atoms with E-state index in [1.165, 1.54) is 20.8 Å². The van der Waals surface area contributed by atoms with Gasteiger partial charge in [-0.1, -0.05) is 30.3 Å². The summed E-state index contributed by atoms with van der Waals surface area (Å²) in [5.74, 6) is 0.0294. The highest BCUT2D eigenvalue weighted by Crippen LogP contribution is 2.37. The Morgan fingerprint density at radius 2 is 1.87 bits per heavy atom. The van der Waals surface area contributed by atoms with E-state index in [0.717, 1.165) is 30.0 Å². The van der Waals surface area contributed by atoms with Crippen molar-refractivity contribution in [3.8, 4) is 5.75 Å². The van der Waals surface area contributed by atoms with E-state index in [-0.39, 0.29) is 12.5 Å². The number of rotatable bonds is 3. The molecule has 7 heteroatoms. The van der Waals surface area contributed by atoms with Crippen molar-refractivity contribution in [2.75, 3.05) is 22.4 Å². The third-order valence-electron chi connectivity index (χ3n) is 5.81. The van der Waals surface area contributed by atoms with Crippen molar-refractivity contribution < 1.29 is 17.9 Å². The van der Waals surface area contributed by atoms with Gasteiger partial charge in [0.05, 0.1) is 18.5 Å². The molecule has 3 aromatic rings. The number of carbonyl (C=O) groups is 1. The number of amides is 1. The highest BCUT2D eigenvalue weighted by Gasteiger charge is 2.35. The molecule has 0 fully saturated rings. The maximum absolute atomic E-state index is 13.1. The van der Waals surface area contributed by atoms with Crippen LogP contribution in [0.4, 0.5) is 11.4 Å². The molecule has 1 heterocycles. The fourth-order valence-corrected chi connectivity index (χ4v) is 5.30. The number of hydrogen-bond acceptors (Lipinski definition) is 4. The van der Waals surface area contributed by atoms with Crippen LogP contribution in [-0.4, -0.2) is 33.2 Å². The Labute approximate surface area is 175 Å². The largest absolute Gasteiger partial charge is 0.476 e. The quantitative estimate of drug-likeness (QED) is 0.702. The molecule has 0 radical (unpaired) electrons. The van der Waals surface area contributed by atoms with Crippen LogP contribution in [0, 0.1) is 6.92 Å². The summed E-state index contributed by atoms with van der Waals surface area (Å²) in [6.07, 6.45) is 2.21. The van der Waals surface area contributed by atoms with Gasteiger partial charge in [-0.25, -0.2) is 8.42 Å². The van der Waals surface area contributed by atoms with E-state index in [4.69, 9.17) is 4.74 Å². The van der Waals surface area contributed by atoms with Crippen molar-refractivity contribution >= 4 is 38.1 Å². The Morgan fingerprint density at radius 3 is 2.63 bits per heavy atom. The van der Waals surface area contributed by atoms with Gasteiger partial charge in [0.15, 0.2) is 6.10 Å². The predicted octanol–water partition coefficient (Wildman–Crippen LogP) is 3.41. The first-order valence-electron chi connectivity index (χ1n) is 9.90. The normalized spacial score (nSPS) is 17.5. The summed E-state index contributed by atoms with van der Waals surface area (Å²) < 4.78 is 31.9. The number of anilines is 2. The van der Waals surface area contributed by atoms with Crippen molar-refractivity contribution in [3.63, 3.8) is 0 Å². The van der Waals surface area contributed by atoms with Gasteiger partial charge in [-0.15, -0.1) is 0 Å². The molecular weight excluding hydrogens is 400 g/mol. The maximum Gasteiger partial charge on any atom is 0.267 e. The van der Waals surface area contributed by atoms with E-state index < -0.39 is 16.1 Å². The number of nitrogens with one attached hydrogen (secondary N) is 1. The zero-order valence-electron chi connectivity index (χ0n) is 16.8. The molecule has 0 saturated heterocycles. The molecule has 0 saturated carbocycles. The van der Waals surface area contributed by atoms with Gasteiger partial charge in [-0.3, -0.25) is 9.10 Å². The molecule has 1 amide bonds. The fourth-order valence-electron chi connectivity index (χ4n) is 4.38. The van der Waals surface area contributed by atoms with Crippen LogP contribution in [0.5, 0.6) is 5.75 Å². The van der Waals surface area contributed by atoms with Crippen LogP contribution in [0.1, 0.15) is 16.7 Å². The molecule has 0 aromatic heterocycles. The molecular formula is C23H22N2O4S. The lowest BCUT2D eigenvalue weighted by Gasteiger charge is -2.34. The van der Waals surface area contributed by atoms with E-state index in [9.17, 15) is 13.2 Å². The minimum Gasteiger partial charge on any atom is -0.476 e. The molecule has 0 spiro atoms. The second-order valence-corrected chi connectivity index (χ2v) is 9.88. The van der Waals surface area contributed by atoms with E-state index in [0.29, 0.717) is 17.1 Å². The number of nitrogens with zero attached hydrogens (tertiary/aromatic N) is 1. The van der Waals surface area contributed by atoms with Crippen LogP contribution < -0.4 is 14.4 Å². The number of benzene rings is 3. The molecule has 5 rings (SSSR count). The third-order valence-corrected chi connectivity index (χ3v) is 6.96. The lowest BCUT2D eigenvalue weighted by Crippen LogP contribution is -2.48. The summed E-state index contributed by atoms with van der Waals surface area (Å²) in [6.45, 7) is 1.83. The van der Waals surface area contributed by atoms with Crippen molar-refractivity contribution in [3.05, 3.63) is 65.2 Å². The predicted molar refractivity (Wildman–Crippen MR) is 118 cm³/mol. The van der Waals surface area contributed by atoms with Gasteiger partial charge in [0.25, 0.3) is 5.91 Å². The highest BCUT2D eigenvalue weighted by atomic mass is 32.2. The molecule has 1 aliphatic carbocycles. The number of carbonyl (C=O) groups excluding carboxylic acids is 1. The van der Waals surface area contributed by atoms with Crippen molar-refractivity contribution in [2.45, 2.75) is 25.9 Å². The van der Waals surface area contributed by atoms with E-state index in [1.807, 2.05) is 31.2 Å². The van der Waals surface area contributed by atoms with Crippen LogP contribution >= 0.6 is 0 Å². The standard InChI is InChI=1S/C23H22N2O4S/c1-14-6-11-19-20(12-14)29-21(13-25(19)30(2,27)28)23(26)24-18-10-9-16-8-7-15-4-3-5-17(18)22(15)16/h3-6,9-12,21H,7-8,13H2,1-2H3,(H,24,26). The Hall–Kier alpha value is -3.06. The highest BCUT2D eigenvalue weighted by molar-refractivity contribution is 7.92. The van der Waals surface area contributed by atoms with Crippen LogP contribution in [0.3, 0.4) is 0 Å². The van der Waals surface area contributed by atoms with Gasteiger partial charge in [-0.05, 0) is 60.0 Å². The number of aryl methyl sites for hydroxylation is 3. The van der Waals surface area contributed by atoms with Crippen molar-refractivity contribution in [1.82, 2.24) is 0 Å². The minimum absolute atomic E-state index is 0.0675. The fraction of sp³-hybridized carbons (Fsp3) is 0.261. The molecule has 3 aromatic carbocycles. The van der Waals surface area contributed by atoms with E-state index >= 15 is 0 Å². The molecule has 0 bridgehead atoms. The van der Waals surface area contributed by atoms with Gasteiger partial charge >= 0.3 is 0 Å². The lowest BCUT2D eigenvalue weighted by molar-refractivity contribution is -0.122. The number of ether oxygens (including phenoxy) is 1. The Morgan fingerprint density at radius 1 is 1.10 bits per heavy atom. The minimum atomic E-state index is -3.56. The molecule has 154 valence electrons. The number of sulfonamides is 1. The smallest absolute Gasteiger partial charge is 0.267 e. The SMILES string of the molecule is Cc1ccc2c(c1)OC(C(=O)Nc1ccc3c4c(cccc14)CC3)CN2S(C)(=O)=O. The number of fused-ring (bicyclic) bond motifs is 1. The van der Waals surface area contributed by atoms with Gasteiger partial charge < -0.3 is 10.1 Å². The molecule has 1 N–H and O–H groups in total. The van der Waals surface area contributed by atoms with Crippen molar-refractivity contribution in [2.24, 2.45) is 0 Å². The van der Waals surface area contributed by atoms with Crippen LogP contribution in [0.2, 0.25) is 0 Å². The Bertz CT molecular complexity index is 1290. The van der Waals surface area contributed by atoms with Crippen molar-refractivity contribution in [1.29, 1.82) is 0 Å². The van der Waals surface area contributed by atoms with E-state index in [2.05, 4.69) is 17.4 Å². The zero-order chi connectivity index (χ0) is 21.0. The van der Waals surface area contributed by atoms with E-state index in [1.54, 1.807) is 12.1 Å². The van der Waals surface area contributed by atoms with Gasteiger partial charge in [0, 0.05) is 11.1 Å². The summed E-state index contributed by atoms with van der Waals surface area (Å²) >= 11 is 0. The van der Waals surface area contributed by atoms with Gasteiger partial charge in [0.1, 0.15) is 5.75 Å². The molecule has 1 unspecified atom stereocenters. The first-order valence-corrected chi connectivity index (χ1v) is 11.8. The topological polar surface area (TPSA) is 75.7 Å². The molecule has 6 nitrogen and oxygen atoms in total. The van der Waals surface area contributed by atoms with Gasteiger partial charge in [-0.2, -0.15) is 0 Å². The zero-order valence-corrected chi connectivity index (χ0v) is 17.6. The molecule has 2 aliphatic rings. The van der Waals surface area contributed by atoms with Crippen LogP contribution in [0.25, 0.3) is 10.8 Å². The maximum atomic E-state index is 13.1. The van der Waals surface area contributed by atoms with Crippen LogP contribution in [-0.2, 0) is 27.7 Å². The van der Waals surface area contributed by atoms with Crippen LogP contribution in [0.15, 0.2) is 48.5 Å². The summed E-state index contributed by atoms with van der Waals surface area (Å²) in [4.78, 5) is 13.1.